The third-order valence-electron chi connectivity index (χ3n) is 2.59. The maximum Gasteiger partial charge on any atom is 0.231 e. The predicted molar refractivity (Wildman–Crippen MR) is 59.9 cm³/mol. The molecule has 1 aliphatic rings. The van der Waals surface area contributed by atoms with Crippen molar-refractivity contribution in [2.75, 3.05) is 12.5 Å². The number of rotatable bonds is 0. The first-order chi connectivity index (χ1) is 7.25. The monoisotopic (exact) mass is 197 g/mol. The lowest BCUT2D eigenvalue weighted by Crippen LogP contribution is -2.09. The Morgan fingerprint density at radius 3 is 2.67 bits per heavy atom. The van der Waals surface area contributed by atoms with Gasteiger partial charge in [0.15, 0.2) is 11.5 Å². The zero-order valence-corrected chi connectivity index (χ0v) is 7.99. The normalized spacial score (nSPS) is 13.3. The summed E-state index contributed by atoms with van der Waals surface area (Å²) in [7, 11) is 5.73. The highest BCUT2D eigenvalue weighted by Gasteiger charge is 2.15. The summed E-state index contributed by atoms with van der Waals surface area (Å²) in [5.74, 6) is 1.48. The minimum absolute atomic E-state index is 0.265. The van der Waals surface area contributed by atoms with E-state index >= 15 is 0 Å². The Morgan fingerprint density at radius 1 is 1.13 bits per heavy atom. The fourth-order valence-electron chi connectivity index (χ4n) is 1.75. The van der Waals surface area contributed by atoms with Crippen LogP contribution in [0.2, 0.25) is 0 Å². The highest BCUT2D eigenvalue weighted by Crippen LogP contribution is 2.37. The summed E-state index contributed by atoms with van der Waals surface area (Å²) in [6.45, 7) is 0.265. The second kappa shape index (κ2) is 2.83. The number of nitrogens with two attached hydrogens (primary N) is 1. The molecule has 15 heavy (non-hydrogen) atoms. The molecule has 1 heterocycles. The Balaban J connectivity index is 2.38. The van der Waals surface area contributed by atoms with Crippen molar-refractivity contribution in [1.29, 1.82) is 0 Å². The van der Waals surface area contributed by atoms with E-state index in [1.54, 1.807) is 6.07 Å². The molecule has 1 aliphatic heterocycles. The van der Waals surface area contributed by atoms with E-state index in [0.29, 0.717) is 11.2 Å². The van der Waals surface area contributed by atoms with Crippen LogP contribution in [0.3, 0.4) is 0 Å². The van der Waals surface area contributed by atoms with E-state index in [1.807, 2.05) is 18.2 Å². The molecule has 2 N–H and O–H groups in total. The molecule has 0 bridgehead atoms. The summed E-state index contributed by atoms with van der Waals surface area (Å²) in [4.78, 5) is 0. The molecule has 0 spiro atoms. The second-order valence-corrected chi connectivity index (χ2v) is 3.50. The molecule has 0 atom stereocenters. The number of anilines is 1. The first-order valence-electron chi connectivity index (χ1n) is 4.63. The average molecular weight is 197 g/mol. The number of nitrogen functional groups attached to an aromatic ring is 1. The van der Waals surface area contributed by atoms with Gasteiger partial charge in [0.2, 0.25) is 6.79 Å². The van der Waals surface area contributed by atoms with Crippen LogP contribution < -0.4 is 20.7 Å². The third-order valence-corrected chi connectivity index (χ3v) is 2.59. The summed E-state index contributed by atoms with van der Waals surface area (Å²) in [6.07, 6.45) is 0. The minimum Gasteiger partial charge on any atom is -0.454 e. The van der Waals surface area contributed by atoms with Gasteiger partial charge in [-0.2, -0.15) is 0 Å². The molecule has 2 aromatic carbocycles. The fraction of sp³-hybridized carbons (Fsp3) is 0.0909. The molecule has 4 heteroatoms. The van der Waals surface area contributed by atoms with Gasteiger partial charge < -0.3 is 15.2 Å². The summed E-state index contributed by atoms with van der Waals surface area (Å²) < 4.78 is 10.6. The van der Waals surface area contributed by atoms with Gasteiger partial charge in [0.1, 0.15) is 7.85 Å². The van der Waals surface area contributed by atoms with Crippen LogP contribution >= 0.6 is 0 Å². The van der Waals surface area contributed by atoms with Crippen LogP contribution in [0.1, 0.15) is 0 Å². The number of hydrogen-bond acceptors (Lipinski definition) is 3. The first-order valence-corrected chi connectivity index (χ1v) is 4.63. The van der Waals surface area contributed by atoms with Crippen molar-refractivity contribution in [3.63, 3.8) is 0 Å². The van der Waals surface area contributed by atoms with Crippen molar-refractivity contribution in [2.24, 2.45) is 0 Å². The molecular formula is C11H8BNO2. The summed E-state index contributed by atoms with van der Waals surface area (Å²) >= 11 is 0. The van der Waals surface area contributed by atoms with Crippen LogP contribution in [0, 0.1) is 0 Å². The molecule has 2 aromatic rings. The van der Waals surface area contributed by atoms with E-state index in [2.05, 4.69) is 0 Å². The van der Waals surface area contributed by atoms with Crippen LogP contribution in [0.5, 0.6) is 11.5 Å². The third kappa shape index (κ3) is 1.14. The zero-order chi connectivity index (χ0) is 10.4. The Morgan fingerprint density at radius 2 is 1.87 bits per heavy atom. The molecule has 3 rings (SSSR count). The molecule has 0 saturated heterocycles. The molecule has 3 nitrogen and oxygen atoms in total. The zero-order valence-electron chi connectivity index (χ0n) is 7.99. The Bertz CT molecular complexity index is 554. The van der Waals surface area contributed by atoms with Gasteiger partial charge in [-0.15, -0.1) is 0 Å². The Labute approximate surface area is 88.2 Å². The molecule has 0 aromatic heterocycles. The van der Waals surface area contributed by atoms with Crippen LogP contribution in [0.15, 0.2) is 24.3 Å². The van der Waals surface area contributed by atoms with Crippen molar-refractivity contribution in [3.8, 4) is 11.5 Å². The van der Waals surface area contributed by atoms with Crippen LogP contribution in [-0.2, 0) is 0 Å². The van der Waals surface area contributed by atoms with E-state index in [4.69, 9.17) is 23.1 Å². The number of hydrogen-bond donors (Lipinski definition) is 1. The van der Waals surface area contributed by atoms with E-state index in [1.165, 1.54) is 0 Å². The lowest BCUT2D eigenvalue weighted by Gasteiger charge is -2.06. The van der Waals surface area contributed by atoms with E-state index in [9.17, 15) is 0 Å². The van der Waals surface area contributed by atoms with Gasteiger partial charge >= 0.3 is 0 Å². The maximum atomic E-state index is 5.89. The van der Waals surface area contributed by atoms with Gasteiger partial charge in [-0.05, 0) is 17.5 Å². The average Bonchev–Trinajstić information content (AvgIpc) is 2.68. The molecule has 0 unspecified atom stereocenters. The van der Waals surface area contributed by atoms with Gasteiger partial charge in [0.05, 0.1) is 0 Å². The summed E-state index contributed by atoms with van der Waals surface area (Å²) in [6, 6.07) is 7.49. The SMILES string of the molecule is [B]c1ccc2cc3c(cc2c1N)OCO3. The van der Waals surface area contributed by atoms with Gasteiger partial charge in [-0.1, -0.05) is 17.6 Å². The lowest BCUT2D eigenvalue weighted by atomic mass is 9.91. The van der Waals surface area contributed by atoms with E-state index < -0.39 is 0 Å². The largest absolute Gasteiger partial charge is 0.454 e. The molecule has 72 valence electrons. The Kier molecular flexibility index (Phi) is 1.60. The standard InChI is InChI=1S/C11H8BNO2/c12-8-2-1-6-3-9-10(15-5-14-9)4-7(6)11(8)13/h1-4H,5,13H2. The van der Waals surface area contributed by atoms with E-state index in [-0.39, 0.29) is 6.79 Å². The van der Waals surface area contributed by atoms with Crippen molar-refractivity contribution in [3.05, 3.63) is 24.3 Å². The van der Waals surface area contributed by atoms with Crippen LogP contribution in [0.4, 0.5) is 5.69 Å². The molecule has 2 radical (unpaired) electrons. The van der Waals surface area contributed by atoms with Crippen molar-refractivity contribution in [2.45, 2.75) is 0 Å². The molecular weight excluding hydrogens is 189 g/mol. The number of benzene rings is 2. The first kappa shape index (κ1) is 8.47. The Hall–Kier alpha value is -1.84. The van der Waals surface area contributed by atoms with Crippen molar-refractivity contribution in [1.82, 2.24) is 0 Å². The molecule has 0 amide bonds. The number of ether oxygens (including phenoxy) is 2. The van der Waals surface area contributed by atoms with Gasteiger partial charge in [-0.25, -0.2) is 0 Å². The molecule has 0 saturated carbocycles. The summed E-state index contributed by atoms with van der Waals surface area (Å²) in [5, 5.41) is 1.91. The predicted octanol–water partition coefficient (Wildman–Crippen LogP) is 0.945. The van der Waals surface area contributed by atoms with E-state index in [0.717, 1.165) is 22.3 Å². The van der Waals surface area contributed by atoms with Crippen LogP contribution in [0.25, 0.3) is 10.8 Å². The van der Waals surface area contributed by atoms with Crippen LogP contribution in [-0.4, -0.2) is 14.6 Å². The summed E-state index contributed by atoms with van der Waals surface area (Å²) in [5.41, 5.74) is 7.06. The van der Waals surface area contributed by atoms with Gasteiger partial charge in [0.25, 0.3) is 0 Å². The smallest absolute Gasteiger partial charge is 0.231 e. The quantitative estimate of drug-likeness (QED) is 0.505. The lowest BCUT2D eigenvalue weighted by molar-refractivity contribution is 0.174. The number of fused-ring (bicyclic) bond motifs is 2. The second-order valence-electron chi connectivity index (χ2n) is 3.50. The van der Waals surface area contributed by atoms with Gasteiger partial charge in [0, 0.05) is 11.1 Å². The highest BCUT2D eigenvalue weighted by molar-refractivity contribution is 6.37. The van der Waals surface area contributed by atoms with Crippen molar-refractivity contribution < 1.29 is 9.47 Å². The minimum atomic E-state index is 0.265. The maximum absolute atomic E-state index is 5.89. The van der Waals surface area contributed by atoms with Gasteiger partial charge in [-0.3, -0.25) is 0 Å². The topological polar surface area (TPSA) is 44.5 Å². The molecule has 0 fully saturated rings. The fourth-order valence-corrected chi connectivity index (χ4v) is 1.75. The van der Waals surface area contributed by atoms with Crippen molar-refractivity contribution >= 4 is 29.8 Å². The molecule has 0 aliphatic carbocycles. The highest BCUT2D eigenvalue weighted by atomic mass is 16.7.